The molecule has 2 N–H and O–H groups in total. The van der Waals surface area contributed by atoms with Crippen molar-refractivity contribution in [2.75, 3.05) is 50.8 Å². The fourth-order valence-electron chi connectivity index (χ4n) is 9.64. The number of nitro groups is 1. The number of aromatic amines is 1. The third-order valence-corrected chi connectivity index (χ3v) is 14.9. The van der Waals surface area contributed by atoms with E-state index in [-0.39, 0.29) is 46.8 Å². The smallest absolute Gasteiger partial charge is 0.277 e. The Bertz CT molecular complexity index is 2720. The molecule has 2 fully saturated rings. The summed E-state index contributed by atoms with van der Waals surface area (Å²) in [6.07, 6.45) is 12.4. The Morgan fingerprint density at radius 3 is 2.58 bits per heavy atom. The molecule has 0 bridgehead atoms. The number of fused-ring (bicyclic) bond motifs is 2. The van der Waals surface area contributed by atoms with Crippen LogP contribution < -0.4 is 19.1 Å². The van der Waals surface area contributed by atoms with Crippen LogP contribution in [-0.4, -0.2) is 86.2 Å². The molecule has 2 aromatic heterocycles. The molecule has 1 amide bonds. The molecule has 4 aliphatic rings. The number of aromatic nitrogens is 2. The lowest BCUT2D eigenvalue weighted by Crippen LogP contribution is -2.47. The zero-order chi connectivity index (χ0) is 45.3. The van der Waals surface area contributed by atoms with Gasteiger partial charge in [0.2, 0.25) is 0 Å². The Hall–Kier alpha value is -5.48. The van der Waals surface area contributed by atoms with Crippen molar-refractivity contribution in [3.63, 3.8) is 0 Å². The molecule has 3 aromatic carbocycles. The van der Waals surface area contributed by atoms with Crippen LogP contribution >= 0.6 is 11.6 Å². The van der Waals surface area contributed by atoms with Crippen molar-refractivity contribution in [2.45, 2.75) is 82.6 Å². The van der Waals surface area contributed by atoms with Gasteiger partial charge >= 0.3 is 0 Å². The predicted octanol–water partition coefficient (Wildman–Crippen LogP) is 9.72. The molecule has 9 rings (SSSR count). The summed E-state index contributed by atoms with van der Waals surface area (Å²) in [6, 6.07) is 19.1. The van der Waals surface area contributed by atoms with Crippen LogP contribution in [0, 0.1) is 21.4 Å². The van der Waals surface area contributed by atoms with E-state index in [0.717, 1.165) is 99.8 Å². The minimum atomic E-state index is -4.63. The van der Waals surface area contributed by atoms with E-state index < -0.39 is 25.7 Å². The molecule has 5 aromatic rings. The van der Waals surface area contributed by atoms with Crippen LogP contribution in [0.3, 0.4) is 0 Å². The first-order chi connectivity index (χ1) is 31.3. The number of hydrogen-bond donors (Lipinski definition) is 2. The number of nitro benzene ring substituents is 1. The maximum atomic E-state index is 14.1. The minimum Gasteiger partial charge on any atom is -0.493 e. The molecule has 4 heterocycles. The number of rotatable bonds is 13. The van der Waals surface area contributed by atoms with Gasteiger partial charge in [0.15, 0.2) is 0 Å². The monoisotopic (exact) mass is 922 g/mol. The second-order valence-electron chi connectivity index (χ2n) is 18.6. The van der Waals surface area contributed by atoms with Crippen LogP contribution in [0.1, 0.15) is 86.7 Å². The fraction of sp³-hybridized carbons (Fsp3) is 0.429. The van der Waals surface area contributed by atoms with Crippen molar-refractivity contribution in [2.24, 2.45) is 11.3 Å². The maximum absolute atomic E-state index is 14.1. The van der Waals surface area contributed by atoms with Crippen LogP contribution in [0.15, 0.2) is 89.6 Å². The van der Waals surface area contributed by atoms with Gasteiger partial charge in [-0.3, -0.25) is 19.8 Å². The molecule has 1 atom stereocenters. The third kappa shape index (κ3) is 10.3. The number of nitrogens with one attached hydrogen (secondary N) is 2. The summed E-state index contributed by atoms with van der Waals surface area (Å²) < 4.78 is 48.5. The molecule has 1 saturated carbocycles. The zero-order valence-corrected chi connectivity index (χ0v) is 38.4. The standard InChI is InChI=1S/C49H55ClN6O8S/c1-49(2)16-14-35(43(27-49)33-8-10-36(50)11-9-33)29-54-18-20-55(21-19-54)37-12-13-41(46(24-37)64-39-23-34-15-17-51-47(34)52-28-39)48(57)53-65(60,61)40-25-44(56(58)59)42-22-32(31-63-45(42)26-40)30-62-38-6-4-3-5-7-38/h8-13,15,17,23-26,28,32,38H,3-7,14,16,18-22,27,29-31H2,1-2H3,(H,51,52)(H,53,57)/t32-/m1/s1. The maximum Gasteiger partial charge on any atom is 0.277 e. The summed E-state index contributed by atoms with van der Waals surface area (Å²) in [6.45, 7) is 9.25. The van der Waals surface area contributed by atoms with Gasteiger partial charge in [0.25, 0.3) is 21.6 Å². The van der Waals surface area contributed by atoms with E-state index in [2.05, 4.69) is 50.5 Å². The van der Waals surface area contributed by atoms with E-state index in [0.29, 0.717) is 30.0 Å². The average molecular weight is 924 g/mol. The molecule has 0 spiro atoms. The molecular formula is C49H55ClN6O8S. The molecule has 14 nitrogen and oxygen atoms in total. The van der Waals surface area contributed by atoms with Gasteiger partial charge in [-0.05, 0) is 91.5 Å². The number of nitrogens with zero attached hydrogens (tertiary/aromatic N) is 4. The van der Waals surface area contributed by atoms with E-state index in [1.807, 2.05) is 18.2 Å². The van der Waals surface area contributed by atoms with Gasteiger partial charge in [0.05, 0.1) is 46.5 Å². The Labute approximate surface area is 384 Å². The third-order valence-electron chi connectivity index (χ3n) is 13.3. The van der Waals surface area contributed by atoms with Crippen molar-refractivity contribution in [1.29, 1.82) is 0 Å². The molecule has 16 heteroatoms. The van der Waals surface area contributed by atoms with Gasteiger partial charge in [-0.2, -0.15) is 0 Å². The number of hydrogen-bond acceptors (Lipinski definition) is 11. The number of halogens is 1. The number of ether oxygens (including phenoxy) is 3. The van der Waals surface area contributed by atoms with Gasteiger partial charge in [-0.15, -0.1) is 0 Å². The highest BCUT2D eigenvalue weighted by Crippen LogP contribution is 2.44. The van der Waals surface area contributed by atoms with Crippen molar-refractivity contribution in [1.82, 2.24) is 19.6 Å². The molecular weight excluding hydrogens is 868 g/mol. The number of carbonyl (C=O) groups is 1. The van der Waals surface area contributed by atoms with Crippen LogP contribution in [0.4, 0.5) is 11.4 Å². The van der Waals surface area contributed by atoms with Crippen molar-refractivity contribution in [3.05, 3.63) is 117 Å². The lowest BCUT2D eigenvalue weighted by molar-refractivity contribution is -0.386. The van der Waals surface area contributed by atoms with Gasteiger partial charge in [-0.1, -0.05) is 62.4 Å². The highest BCUT2D eigenvalue weighted by Gasteiger charge is 2.34. The molecule has 0 unspecified atom stereocenters. The van der Waals surface area contributed by atoms with E-state index in [4.69, 9.17) is 25.8 Å². The molecule has 2 aliphatic heterocycles. The van der Waals surface area contributed by atoms with Crippen molar-refractivity contribution in [3.8, 4) is 17.2 Å². The van der Waals surface area contributed by atoms with Gasteiger partial charge < -0.3 is 24.1 Å². The number of piperazine rings is 1. The quantitative estimate of drug-likeness (QED) is 0.0852. The Kier molecular flexibility index (Phi) is 12.9. The SMILES string of the molecule is CC1(C)CCC(CN2CCN(c3ccc(C(=O)NS(=O)(=O)c4cc5c(c([N+](=O)[O-])c4)C[C@H](COC4CCCCC4)CO5)c(Oc4cnc5[nH]ccc5c4)c3)CC2)=C(c2ccc(Cl)cc2)C1. The molecule has 0 radical (unpaired) electrons. The summed E-state index contributed by atoms with van der Waals surface area (Å²) in [5.74, 6) is -0.513. The zero-order valence-electron chi connectivity index (χ0n) is 36.8. The van der Waals surface area contributed by atoms with E-state index in [1.54, 1.807) is 30.5 Å². The highest BCUT2D eigenvalue weighted by atomic mass is 35.5. The largest absolute Gasteiger partial charge is 0.493 e. The second-order valence-corrected chi connectivity index (χ2v) is 20.8. The summed E-state index contributed by atoms with van der Waals surface area (Å²) in [4.78, 5) is 37.6. The molecule has 65 heavy (non-hydrogen) atoms. The van der Waals surface area contributed by atoms with Crippen LogP contribution in [0.2, 0.25) is 5.02 Å². The lowest BCUT2D eigenvalue weighted by Gasteiger charge is -2.39. The normalized spacial score (nSPS) is 19.4. The first-order valence-corrected chi connectivity index (χ1v) is 24.4. The van der Waals surface area contributed by atoms with Gasteiger partial charge in [0, 0.05) is 79.1 Å². The summed E-state index contributed by atoms with van der Waals surface area (Å²) in [7, 11) is -4.63. The number of pyridine rings is 1. The molecule has 1 saturated heterocycles. The first kappa shape index (κ1) is 44.7. The van der Waals surface area contributed by atoms with Crippen LogP contribution in [0.25, 0.3) is 16.6 Å². The summed E-state index contributed by atoms with van der Waals surface area (Å²) in [5, 5.41) is 13.9. The second kappa shape index (κ2) is 18.8. The van der Waals surface area contributed by atoms with E-state index in [1.165, 1.54) is 35.4 Å². The summed E-state index contributed by atoms with van der Waals surface area (Å²) >= 11 is 6.25. The van der Waals surface area contributed by atoms with Crippen molar-refractivity contribution >= 4 is 55.5 Å². The van der Waals surface area contributed by atoms with Gasteiger partial charge in [0.1, 0.15) is 22.9 Å². The van der Waals surface area contributed by atoms with Crippen molar-refractivity contribution < 1.29 is 32.3 Å². The highest BCUT2D eigenvalue weighted by molar-refractivity contribution is 7.90. The van der Waals surface area contributed by atoms with Gasteiger partial charge in [-0.25, -0.2) is 18.1 Å². The molecule has 342 valence electrons. The number of carbonyl (C=O) groups excluding carboxylic acids is 1. The average Bonchev–Trinajstić information content (AvgIpc) is 3.77. The minimum absolute atomic E-state index is 0.0449. The fourth-order valence-corrected chi connectivity index (χ4v) is 10.8. The Balaban J connectivity index is 0.928. The lowest BCUT2D eigenvalue weighted by atomic mass is 9.72. The number of allylic oxidation sites excluding steroid dienone is 1. The number of H-pyrrole nitrogens is 1. The predicted molar refractivity (Wildman–Crippen MR) is 251 cm³/mol. The first-order valence-electron chi connectivity index (χ1n) is 22.6. The van der Waals surface area contributed by atoms with Crippen LogP contribution in [-0.2, 0) is 21.2 Å². The van der Waals surface area contributed by atoms with Crippen LogP contribution in [0.5, 0.6) is 17.2 Å². The topological polar surface area (TPSA) is 169 Å². The Morgan fingerprint density at radius 1 is 1.03 bits per heavy atom. The number of anilines is 1. The molecule has 2 aliphatic carbocycles. The number of benzene rings is 3. The summed E-state index contributed by atoms with van der Waals surface area (Å²) in [5.41, 5.74) is 5.67. The number of sulfonamides is 1. The van der Waals surface area contributed by atoms with E-state index >= 15 is 0 Å². The van der Waals surface area contributed by atoms with E-state index in [9.17, 15) is 23.3 Å². The Morgan fingerprint density at radius 2 is 1.82 bits per heavy atom. The number of amides is 1.